The number of amides is 1. The highest BCUT2D eigenvalue weighted by molar-refractivity contribution is 5.90. The van der Waals surface area contributed by atoms with Crippen molar-refractivity contribution in [1.82, 2.24) is 5.32 Å². The van der Waals surface area contributed by atoms with Crippen molar-refractivity contribution in [3.8, 4) is 0 Å². The van der Waals surface area contributed by atoms with Gasteiger partial charge in [0.15, 0.2) is 0 Å². The van der Waals surface area contributed by atoms with E-state index in [0.29, 0.717) is 19.6 Å². The van der Waals surface area contributed by atoms with Crippen LogP contribution in [0.5, 0.6) is 0 Å². The van der Waals surface area contributed by atoms with Crippen LogP contribution in [-0.4, -0.2) is 32.7 Å². The quantitative estimate of drug-likeness (QED) is 0.706. The second-order valence-electron chi connectivity index (χ2n) is 3.91. The lowest BCUT2D eigenvalue weighted by Crippen LogP contribution is -2.24. The Balaban J connectivity index is 2.21. The van der Waals surface area contributed by atoms with Gasteiger partial charge in [-0.3, -0.25) is 4.79 Å². The molecule has 1 rings (SSSR count). The monoisotopic (exact) mass is 236 g/mol. The fourth-order valence-corrected chi connectivity index (χ4v) is 1.45. The van der Waals surface area contributed by atoms with Gasteiger partial charge < -0.3 is 15.4 Å². The molecule has 0 aliphatic carbocycles. The Morgan fingerprint density at radius 1 is 1.35 bits per heavy atom. The number of anilines is 1. The Morgan fingerprint density at radius 2 is 2.18 bits per heavy atom. The molecule has 0 bridgehead atoms. The predicted octanol–water partition coefficient (Wildman–Crippen LogP) is 1.56. The van der Waals surface area contributed by atoms with Gasteiger partial charge in [0.1, 0.15) is 0 Å². The molecule has 0 aliphatic rings. The standard InChI is InChI=1S/C13H20N2O2/c1-11-4-3-5-12(10-11)15-13(16)6-7-14-8-9-17-2/h3-5,10,14H,6-9H2,1-2H3,(H,15,16). The lowest BCUT2D eigenvalue weighted by atomic mass is 10.2. The molecule has 0 aromatic heterocycles. The molecule has 1 aromatic carbocycles. The van der Waals surface area contributed by atoms with Crippen LogP contribution in [0.25, 0.3) is 0 Å². The molecule has 94 valence electrons. The zero-order chi connectivity index (χ0) is 12.5. The third kappa shape index (κ3) is 6.04. The summed E-state index contributed by atoms with van der Waals surface area (Å²) in [6.45, 7) is 4.11. The minimum Gasteiger partial charge on any atom is -0.383 e. The first kappa shape index (κ1) is 13.7. The molecule has 4 heteroatoms. The predicted molar refractivity (Wildman–Crippen MR) is 69.2 cm³/mol. The Morgan fingerprint density at radius 3 is 2.88 bits per heavy atom. The number of hydrogen-bond donors (Lipinski definition) is 2. The summed E-state index contributed by atoms with van der Waals surface area (Å²) in [5.74, 6) is 0.0283. The molecule has 0 radical (unpaired) electrons. The highest BCUT2D eigenvalue weighted by atomic mass is 16.5. The smallest absolute Gasteiger partial charge is 0.225 e. The maximum Gasteiger partial charge on any atom is 0.225 e. The normalized spacial score (nSPS) is 10.2. The summed E-state index contributed by atoms with van der Waals surface area (Å²) in [5, 5.41) is 5.99. The molecule has 17 heavy (non-hydrogen) atoms. The topological polar surface area (TPSA) is 50.4 Å². The van der Waals surface area contributed by atoms with Crippen molar-refractivity contribution in [1.29, 1.82) is 0 Å². The summed E-state index contributed by atoms with van der Waals surface area (Å²) in [7, 11) is 1.66. The van der Waals surface area contributed by atoms with Crippen LogP contribution in [0, 0.1) is 6.92 Å². The van der Waals surface area contributed by atoms with E-state index in [1.54, 1.807) is 7.11 Å². The molecular formula is C13H20N2O2. The van der Waals surface area contributed by atoms with Gasteiger partial charge in [-0.25, -0.2) is 0 Å². The van der Waals surface area contributed by atoms with Crippen molar-refractivity contribution in [2.75, 3.05) is 32.1 Å². The van der Waals surface area contributed by atoms with Gasteiger partial charge in [0.2, 0.25) is 5.91 Å². The van der Waals surface area contributed by atoms with E-state index in [2.05, 4.69) is 10.6 Å². The van der Waals surface area contributed by atoms with E-state index in [0.717, 1.165) is 17.8 Å². The summed E-state index contributed by atoms with van der Waals surface area (Å²) in [6.07, 6.45) is 0.470. The summed E-state index contributed by atoms with van der Waals surface area (Å²) < 4.78 is 4.89. The van der Waals surface area contributed by atoms with Crippen LogP contribution in [0.3, 0.4) is 0 Å². The average molecular weight is 236 g/mol. The molecule has 1 aromatic rings. The lowest BCUT2D eigenvalue weighted by molar-refractivity contribution is -0.116. The maximum atomic E-state index is 11.6. The van der Waals surface area contributed by atoms with Crippen LogP contribution < -0.4 is 10.6 Å². The third-order valence-corrected chi connectivity index (χ3v) is 2.31. The average Bonchev–Trinajstić information content (AvgIpc) is 2.29. The van der Waals surface area contributed by atoms with Gasteiger partial charge >= 0.3 is 0 Å². The van der Waals surface area contributed by atoms with Crippen LogP contribution in [0.4, 0.5) is 5.69 Å². The summed E-state index contributed by atoms with van der Waals surface area (Å²) in [6, 6.07) is 7.78. The van der Waals surface area contributed by atoms with Gasteiger partial charge in [0.25, 0.3) is 0 Å². The minimum absolute atomic E-state index is 0.0283. The number of benzene rings is 1. The van der Waals surface area contributed by atoms with Gasteiger partial charge in [0, 0.05) is 32.3 Å². The van der Waals surface area contributed by atoms with Crippen molar-refractivity contribution in [2.45, 2.75) is 13.3 Å². The molecular weight excluding hydrogens is 216 g/mol. The fraction of sp³-hybridized carbons (Fsp3) is 0.462. The van der Waals surface area contributed by atoms with Crippen LogP contribution >= 0.6 is 0 Å². The van der Waals surface area contributed by atoms with Crippen molar-refractivity contribution < 1.29 is 9.53 Å². The molecule has 0 aliphatic heterocycles. The van der Waals surface area contributed by atoms with Gasteiger partial charge in [-0.15, -0.1) is 0 Å². The molecule has 0 heterocycles. The largest absolute Gasteiger partial charge is 0.383 e. The summed E-state index contributed by atoms with van der Waals surface area (Å²) in [5.41, 5.74) is 1.99. The molecule has 4 nitrogen and oxygen atoms in total. The molecule has 0 atom stereocenters. The number of carbonyl (C=O) groups excluding carboxylic acids is 1. The maximum absolute atomic E-state index is 11.6. The van der Waals surface area contributed by atoms with E-state index in [1.807, 2.05) is 31.2 Å². The second-order valence-corrected chi connectivity index (χ2v) is 3.91. The first-order valence-corrected chi connectivity index (χ1v) is 5.78. The first-order chi connectivity index (χ1) is 8.22. The van der Waals surface area contributed by atoms with Crippen molar-refractivity contribution in [3.05, 3.63) is 29.8 Å². The van der Waals surface area contributed by atoms with Gasteiger partial charge in [-0.2, -0.15) is 0 Å². The molecule has 0 saturated carbocycles. The summed E-state index contributed by atoms with van der Waals surface area (Å²) >= 11 is 0. The van der Waals surface area contributed by atoms with E-state index in [1.165, 1.54) is 0 Å². The van der Waals surface area contributed by atoms with Gasteiger partial charge in [0.05, 0.1) is 6.61 Å². The first-order valence-electron chi connectivity index (χ1n) is 5.78. The molecule has 0 fully saturated rings. The summed E-state index contributed by atoms with van der Waals surface area (Å²) in [4.78, 5) is 11.6. The van der Waals surface area contributed by atoms with Crippen LogP contribution in [0.1, 0.15) is 12.0 Å². The fourth-order valence-electron chi connectivity index (χ4n) is 1.45. The van der Waals surface area contributed by atoms with E-state index >= 15 is 0 Å². The molecule has 0 unspecified atom stereocenters. The number of methoxy groups -OCH3 is 1. The van der Waals surface area contributed by atoms with Crippen molar-refractivity contribution >= 4 is 11.6 Å². The number of nitrogens with one attached hydrogen (secondary N) is 2. The van der Waals surface area contributed by atoms with E-state index in [9.17, 15) is 4.79 Å². The number of aryl methyl sites for hydroxylation is 1. The SMILES string of the molecule is COCCNCCC(=O)Nc1cccc(C)c1. The van der Waals surface area contributed by atoms with Crippen LogP contribution in [-0.2, 0) is 9.53 Å². The third-order valence-electron chi connectivity index (χ3n) is 2.31. The highest BCUT2D eigenvalue weighted by Crippen LogP contribution is 2.09. The molecule has 0 saturated heterocycles. The molecule has 1 amide bonds. The highest BCUT2D eigenvalue weighted by Gasteiger charge is 2.01. The zero-order valence-corrected chi connectivity index (χ0v) is 10.5. The van der Waals surface area contributed by atoms with Crippen LogP contribution in [0.15, 0.2) is 24.3 Å². The number of ether oxygens (including phenoxy) is 1. The Kier molecular flexibility index (Phi) is 6.29. The second kappa shape index (κ2) is 7.81. The van der Waals surface area contributed by atoms with Gasteiger partial charge in [-0.1, -0.05) is 12.1 Å². The minimum atomic E-state index is 0.0283. The Bertz CT molecular complexity index is 353. The van der Waals surface area contributed by atoms with Crippen LogP contribution in [0.2, 0.25) is 0 Å². The van der Waals surface area contributed by atoms with Crippen molar-refractivity contribution in [2.24, 2.45) is 0 Å². The number of hydrogen-bond acceptors (Lipinski definition) is 3. The Labute approximate surface area is 102 Å². The molecule has 0 spiro atoms. The molecule has 2 N–H and O–H groups in total. The number of rotatable bonds is 7. The van der Waals surface area contributed by atoms with E-state index in [4.69, 9.17) is 4.74 Å². The number of carbonyl (C=O) groups is 1. The zero-order valence-electron chi connectivity index (χ0n) is 10.5. The van der Waals surface area contributed by atoms with E-state index < -0.39 is 0 Å². The van der Waals surface area contributed by atoms with E-state index in [-0.39, 0.29) is 5.91 Å². The van der Waals surface area contributed by atoms with Crippen molar-refractivity contribution in [3.63, 3.8) is 0 Å². The lowest BCUT2D eigenvalue weighted by Gasteiger charge is -2.06. The van der Waals surface area contributed by atoms with Gasteiger partial charge in [-0.05, 0) is 24.6 Å². The Hall–Kier alpha value is -1.39.